The van der Waals surface area contributed by atoms with Gasteiger partial charge in [-0.05, 0) is 10.9 Å². The van der Waals surface area contributed by atoms with Crippen molar-refractivity contribution in [2.24, 2.45) is 0 Å². The van der Waals surface area contributed by atoms with Crippen LogP contribution < -0.4 is 5.46 Å². The van der Waals surface area contributed by atoms with Gasteiger partial charge in [-0.25, -0.2) is 0 Å². The van der Waals surface area contributed by atoms with E-state index >= 15 is 0 Å². The number of hydrogen-bond donors (Lipinski definition) is 0. The van der Waals surface area contributed by atoms with E-state index in [2.05, 4.69) is 12.1 Å². The van der Waals surface area contributed by atoms with Crippen LogP contribution in [0, 0.1) is 0 Å². The predicted octanol–water partition coefficient (Wildman–Crippen LogP) is 2.21. The number of rotatable bonds is 1. The first-order chi connectivity index (χ1) is 5.88. The largest absolute Gasteiger partial charge is 0.144 e. The third-order valence-corrected chi connectivity index (χ3v) is 2.71. The molecule has 1 aromatic carbocycles. The van der Waals surface area contributed by atoms with E-state index in [1.807, 2.05) is 29.6 Å². The van der Waals surface area contributed by atoms with Crippen molar-refractivity contribution in [1.29, 1.82) is 0 Å². The molecule has 12 heavy (non-hydrogen) atoms. The molecule has 0 N–H and O–H groups in total. The lowest BCUT2D eigenvalue weighted by Crippen LogP contribution is -1.99. The molecule has 2 aromatic rings. The van der Waals surface area contributed by atoms with Crippen LogP contribution in [0.3, 0.4) is 0 Å². The van der Waals surface area contributed by atoms with Crippen molar-refractivity contribution in [1.82, 2.24) is 0 Å². The fraction of sp³-hybridized carbons (Fsp3) is 0. The minimum atomic E-state index is 0.867. The maximum absolute atomic E-state index is 5.78. The Morgan fingerprint density at radius 1 is 1.00 bits per heavy atom. The van der Waals surface area contributed by atoms with Gasteiger partial charge in [-0.2, -0.15) is 0 Å². The van der Waals surface area contributed by atoms with Gasteiger partial charge in [0, 0.05) is 4.88 Å². The van der Waals surface area contributed by atoms with Crippen molar-refractivity contribution >= 4 is 24.6 Å². The van der Waals surface area contributed by atoms with Crippen LogP contribution in [0.5, 0.6) is 0 Å². The molecule has 0 aliphatic carbocycles. The molecule has 2 radical (unpaired) electrons. The Hall–Kier alpha value is -1.02. The molecule has 0 saturated heterocycles. The van der Waals surface area contributed by atoms with Gasteiger partial charge in [0.05, 0.1) is 0 Å². The summed E-state index contributed by atoms with van der Waals surface area (Å²) in [5, 5.41) is 2.01. The zero-order valence-corrected chi connectivity index (χ0v) is 7.34. The van der Waals surface area contributed by atoms with Crippen molar-refractivity contribution in [2.75, 3.05) is 0 Å². The van der Waals surface area contributed by atoms with E-state index in [0.717, 1.165) is 10.3 Å². The van der Waals surface area contributed by atoms with E-state index in [-0.39, 0.29) is 0 Å². The highest BCUT2D eigenvalue weighted by molar-refractivity contribution is 7.14. The van der Waals surface area contributed by atoms with Gasteiger partial charge in [0.1, 0.15) is 7.85 Å². The second-order valence-electron chi connectivity index (χ2n) is 2.57. The van der Waals surface area contributed by atoms with E-state index in [9.17, 15) is 0 Å². The van der Waals surface area contributed by atoms with Crippen molar-refractivity contribution < 1.29 is 0 Å². The zero-order chi connectivity index (χ0) is 8.39. The van der Waals surface area contributed by atoms with Crippen LogP contribution in [-0.4, -0.2) is 7.85 Å². The summed E-state index contributed by atoms with van der Waals surface area (Å²) in [4.78, 5) is 1.16. The summed E-state index contributed by atoms with van der Waals surface area (Å²) in [6.07, 6.45) is 0. The molecule has 0 bridgehead atoms. The molecule has 0 nitrogen and oxygen atoms in total. The summed E-state index contributed by atoms with van der Waals surface area (Å²) in [5.74, 6) is 0. The summed E-state index contributed by atoms with van der Waals surface area (Å²) >= 11 is 1.68. The Balaban J connectivity index is 2.51. The van der Waals surface area contributed by atoms with Crippen LogP contribution >= 0.6 is 11.3 Å². The van der Waals surface area contributed by atoms with Gasteiger partial charge in [0.25, 0.3) is 0 Å². The summed E-state index contributed by atoms with van der Waals surface area (Å²) < 4.78 is 0. The van der Waals surface area contributed by atoms with Crippen LogP contribution in [0.4, 0.5) is 0 Å². The summed E-state index contributed by atoms with van der Waals surface area (Å²) in [6, 6.07) is 12.1. The first-order valence-electron chi connectivity index (χ1n) is 3.76. The molecular formula is C10H7BS. The molecular weight excluding hydrogens is 163 g/mol. The van der Waals surface area contributed by atoms with Crippen molar-refractivity contribution in [2.45, 2.75) is 0 Å². The first-order valence-corrected chi connectivity index (χ1v) is 4.64. The molecule has 0 amide bonds. The quantitative estimate of drug-likeness (QED) is 0.575. The lowest BCUT2D eigenvalue weighted by molar-refractivity contribution is 1.71. The van der Waals surface area contributed by atoms with Crippen molar-refractivity contribution in [3.05, 3.63) is 41.8 Å². The molecule has 0 fully saturated rings. The lowest BCUT2D eigenvalue weighted by Gasteiger charge is -1.97. The van der Waals surface area contributed by atoms with Crippen LogP contribution in [0.2, 0.25) is 0 Å². The summed E-state index contributed by atoms with van der Waals surface area (Å²) in [5.41, 5.74) is 2.07. The lowest BCUT2D eigenvalue weighted by atomic mass is 9.94. The number of benzene rings is 1. The van der Waals surface area contributed by atoms with Gasteiger partial charge in [-0.15, -0.1) is 11.3 Å². The maximum atomic E-state index is 5.78. The highest BCUT2D eigenvalue weighted by atomic mass is 32.1. The fourth-order valence-corrected chi connectivity index (χ4v) is 1.97. The van der Waals surface area contributed by atoms with Crippen LogP contribution in [0.15, 0.2) is 41.8 Å². The Labute approximate surface area is 77.3 Å². The number of hydrogen-bond acceptors (Lipinski definition) is 1. The van der Waals surface area contributed by atoms with Gasteiger partial charge < -0.3 is 0 Å². The Kier molecular flexibility index (Phi) is 2.00. The molecule has 1 heterocycles. The second-order valence-corrected chi connectivity index (χ2v) is 3.49. The monoisotopic (exact) mass is 170 g/mol. The Morgan fingerprint density at radius 2 is 1.75 bits per heavy atom. The normalized spacial score (nSPS) is 10.0. The summed E-state index contributed by atoms with van der Waals surface area (Å²) in [7, 11) is 5.78. The van der Waals surface area contributed by atoms with Gasteiger partial charge in [-0.3, -0.25) is 0 Å². The van der Waals surface area contributed by atoms with E-state index < -0.39 is 0 Å². The van der Waals surface area contributed by atoms with E-state index in [0.29, 0.717) is 0 Å². The Morgan fingerprint density at radius 3 is 2.33 bits per heavy atom. The maximum Gasteiger partial charge on any atom is 0.115 e. The Bertz CT molecular complexity index is 364. The minimum absolute atomic E-state index is 0.867. The van der Waals surface area contributed by atoms with Gasteiger partial charge >= 0.3 is 0 Å². The van der Waals surface area contributed by atoms with Crippen LogP contribution in [0.1, 0.15) is 0 Å². The fourth-order valence-electron chi connectivity index (χ4n) is 1.14. The van der Waals surface area contributed by atoms with Gasteiger partial charge in [-0.1, -0.05) is 41.9 Å². The minimum Gasteiger partial charge on any atom is -0.144 e. The zero-order valence-electron chi connectivity index (χ0n) is 6.53. The molecule has 0 aliphatic rings. The van der Waals surface area contributed by atoms with Gasteiger partial charge in [0.2, 0.25) is 0 Å². The van der Waals surface area contributed by atoms with Crippen LogP contribution in [-0.2, 0) is 0 Å². The third kappa shape index (κ3) is 1.30. The molecule has 56 valence electrons. The number of thiophene rings is 1. The first kappa shape index (κ1) is 7.62. The standard InChI is InChI=1S/C10H7BS/c11-9-6-7-12-10(9)8-4-2-1-3-5-8/h1-7H. The second kappa shape index (κ2) is 3.15. The summed E-state index contributed by atoms with van der Waals surface area (Å²) in [6.45, 7) is 0. The highest BCUT2D eigenvalue weighted by Crippen LogP contribution is 2.21. The van der Waals surface area contributed by atoms with Crippen molar-refractivity contribution in [3.63, 3.8) is 0 Å². The highest BCUT2D eigenvalue weighted by Gasteiger charge is 1.99. The molecule has 0 atom stereocenters. The van der Waals surface area contributed by atoms with Crippen LogP contribution in [0.25, 0.3) is 10.4 Å². The molecule has 2 rings (SSSR count). The topological polar surface area (TPSA) is 0 Å². The predicted molar refractivity (Wildman–Crippen MR) is 55.1 cm³/mol. The molecule has 0 saturated carbocycles. The molecule has 1 aromatic heterocycles. The van der Waals surface area contributed by atoms with E-state index in [1.54, 1.807) is 11.3 Å². The molecule has 0 unspecified atom stereocenters. The molecule has 2 heteroatoms. The van der Waals surface area contributed by atoms with E-state index in [1.165, 1.54) is 5.56 Å². The molecule has 0 aliphatic heterocycles. The third-order valence-electron chi connectivity index (χ3n) is 1.73. The van der Waals surface area contributed by atoms with Crippen molar-refractivity contribution in [3.8, 4) is 10.4 Å². The average molecular weight is 170 g/mol. The smallest absolute Gasteiger partial charge is 0.115 e. The van der Waals surface area contributed by atoms with Gasteiger partial charge in [0.15, 0.2) is 0 Å². The molecule has 0 spiro atoms. The van der Waals surface area contributed by atoms with E-state index in [4.69, 9.17) is 7.85 Å². The average Bonchev–Trinajstić information content (AvgIpc) is 2.53. The SMILES string of the molecule is [B]c1ccsc1-c1ccccc1.